The lowest BCUT2D eigenvalue weighted by Gasteiger charge is -2.22. The minimum Gasteiger partial charge on any atom is -0.481 e. The van der Waals surface area contributed by atoms with E-state index in [0.29, 0.717) is 12.5 Å². The standard InChI is InChI=1S/C9H18N2O2/c12-9(13)3-5-11-7-8-2-1-4-10-6-8/h8,10-11H,1-7H2,(H,12,13). The lowest BCUT2D eigenvalue weighted by molar-refractivity contribution is -0.136. The summed E-state index contributed by atoms with van der Waals surface area (Å²) >= 11 is 0. The molecule has 0 aromatic rings. The highest BCUT2D eigenvalue weighted by atomic mass is 16.4. The molecule has 1 rings (SSSR count). The van der Waals surface area contributed by atoms with Gasteiger partial charge in [-0.05, 0) is 38.4 Å². The van der Waals surface area contributed by atoms with Gasteiger partial charge in [-0.25, -0.2) is 0 Å². The Labute approximate surface area is 78.7 Å². The van der Waals surface area contributed by atoms with Gasteiger partial charge < -0.3 is 15.7 Å². The second-order valence-corrected chi connectivity index (χ2v) is 3.56. The van der Waals surface area contributed by atoms with Crippen LogP contribution < -0.4 is 10.6 Å². The van der Waals surface area contributed by atoms with Crippen LogP contribution >= 0.6 is 0 Å². The molecule has 0 aliphatic carbocycles. The van der Waals surface area contributed by atoms with E-state index >= 15 is 0 Å². The number of carboxylic acid groups (broad SMARTS) is 1. The monoisotopic (exact) mass is 186 g/mol. The maximum atomic E-state index is 10.2. The Bertz CT molecular complexity index is 156. The van der Waals surface area contributed by atoms with Crippen molar-refractivity contribution in [3.8, 4) is 0 Å². The zero-order valence-electron chi connectivity index (χ0n) is 7.88. The number of carbonyl (C=O) groups is 1. The number of rotatable bonds is 5. The summed E-state index contributed by atoms with van der Waals surface area (Å²) in [6.45, 7) is 3.73. The molecule has 1 aliphatic heterocycles. The quantitative estimate of drug-likeness (QED) is 0.531. The van der Waals surface area contributed by atoms with Gasteiger partial charge in [0.2, 0.25) is 0 Å². The van der Waals surface area contributed by atoms with Gasteiger partial charge in [-0.15, -0.1) is 0 Å². The predicted molar refractivity (Wildman–Crippen MR) is 50.7 cm³/mol. The molecule has 0 saturated carbocycles. The summed E-state index contributed by atoms with van der Waals surface area (Å²) in [6, 6.07) is 0. The summed E-state index contributed by atoms with van der Waals surface area (Å²) in [7, 11) is 0. The van der Waals surface area contributed by atoms with Gasteiger partial charge in [-0.1, -0.05) is 0 Å². The van der Waals surface area contributed by atoms with Gasteiger partial charge in [-0.2, -0.15) is 0 Å². The molecule has 4 heteroatoms. The first kappa shape index (κ1) is 10.5. The Kier molecular flexibility index (Phi) is 4.78. The van der Waals surface area contributed by atoms with Gasteiger partial charge in [0.1, 0.15) is 0 Å². The minimum absolute atomic E-state index is 0.222. The average molecular weight is 186 g/mol. The van der Waals surface area contributed by atoms with Crippen LogP contribution in [0.2, 0.25) is 0 Å². The Morgan fingerprint density at radius 1 is 1.62 bits per heavy atom. The first-order chi connectivity index (χ1) is 6.29. The van der Waals surface area contributed by atoms with E-state index in [1.165, 1.54) is 12.8 Å². The van der Waals surface area contributed by atoms with Crippen molar-refractivity contribution >= 4 is 5.97 Å². The molecular weight excluding hydrogens is 168 g/mol. The zero-order chi connectivity index (χ0) is 9.52. The minimum atomic E-state index is -0.728. The van der Waals surface area contributed by atoms with E-state index in [1.807, 2.05) is 0 Å². The van der Waals surface area contributed by atoms with Crippen molar-refractivity contribution in [2.24, 2.45) is 5.92 Å². The summed E-state index contributed by atoms with van der Waals surface area (Å²) < 4.78 is 0. The van der Waals surface area contributed by atoms with Crippen LogP contribution in [0.25, 0.3) is 0 Å². The van der Waals surface area contributed by atoms with Crippen molar-refractivity contribution in [2.75, 3.05) is 26.2 Å². The fourth-order valence-corrected chi connectivity index (χ4v) is 1.60. The molecule has 0 amide bonds. The van der Waals surface area contributed by atoms with E-state index in [0.717, 1.165) is 19.6 Å². The van der Waals surface area contributed by atoms with Crippen LogP contribution in [0.5, 0.6) is 0 Å². The van der Waals surface area contributed by atoms with E-state index in [2.05, 4.69) is 10.6 Å². The third-order valence-corrected chi connectivity index (χ3v) is 2.35. The molecule has 0 aromatic carbocycles. The first-order valence-electron chi connectivity index (χ1n) is 4.92. The number of piperidine rings is 1. The predicted octanol–water partition coefficient (Wildman–Crippen LogP) is 0.0503. The first-order valence-corrected chi connectivity index (χ1v) is 4.92. The molecule has 1 unspecified atom stereocenters. The van der Waals surface area contributed by atoms with E-state index in [-0.39, 0.29) is 6.42 Å². The smallest absolute Gasteiger partial charge is 0.304 e. The summed E-state index contributed by atoms with van der Waals surface area (Å²) in [6.07, 6.45) is 2.72. The summed E-state index contributed by atoms with van der Waals surface area (Å²) in [5.41, 5.74) is 0. The van der Waals surface area contributed by atoms with Crippen molar-refractivity contribution in [1.82, 2.24) is 10.6 Å². The Balaban J connectivity index is 1.95. The van der Waals surface area contributed by atoms with Crippen molar-refractivity contribution in [1.29, 1.82) is 0 Å². The topological polar surface area (TPSA) is 61.4 Å². The Morgan fingerprint density at radius 2 is 2.46 bits per heavy atom. The fourth-order valence-electron chi connectivity index (χ4n) is 1.60. The molecule has 0 aromatic heterocycles. The molecule has 1 saturated heterocycles. The summed E-state index contributed by atoms with van der Waals surface area (Å²) in [5.74, 6) is -0.0446. The van der Waals surface area contributed by atoms with Crippen molar-refractivity contribution in [3.05, 3.63) is 0 Å². The van der Waals surface area contributed by atoms with E-state index in [9.17, 15) is 4.79 Å². The second-order valence-electron chi connectivity index (χ2n) is 3.56. The molecule has 76 valence electrons. The highest BCUT2D eigenvalue weighted by Crippen LogP contribution is 2.07. The van der Waals surface area contributed by atoms with E-state index in [1.54, 1.807) is 0 Å². The van der Waals surface area contributed by atoms with Crippen molar-refractivity contribution in [2.45, 2.75) is 19.3 Å². The maximum absolute atomic E-state index is 10.2. The molecule has 3 N–H and O–H groups in total. The third-order valence-electron chi connectivity index (χ3n) is 2.35. The largest absolute Gasteiger partial charge is 0.481 e. The Morgan fingerprint density at radius 3 is 3.08 bits per heavy atom. The molecule has 1 aliphatic rings. The lowest BCUT2D eigenvalue weighted by Crippen LogP contribution is -2.36. The Hall–Kier alpha value is -0.610. The van der Waals surface area contributed by atoms with Gasteiger partial charge >= 0.3 is 5.97 Å². The third kappa shape index (κ3) is 4.85. The molecule has 4 nitrogen and oxygen atoms in total. The van der Waals surface area contributed by atoms with Gasteiger partial charge in [0.15, 0.2) is 0 Å². The normalized spacial score (nSPS) is 22.9. The van der Waals surface area contributed by atoms with Crippen LogP contribution in [0.15, 0.2) is 0 Å². The van der Waals surface area contributed by atoms with Crippen LogP contribution in [0, 0.1) is 5.92 Å². The van der Waals surface area contributed by atoms with Gasteiger partial charge in [0.25, 0.3) is 0 Å². The van der Waals surface area contributed by atoms with Crippen LogP contribution in [0.1, 0.15) is 19.3 Å². The molecule has 13 heavy (non-hydrogen) atoms. The molecule has 1 heterocycles. The molecule has 0 bridgehead atoms. The molecule has 0 spiro atoms. The fraction of sp³-hybridized carbons (Fsp3) is 0.889. The van der Waals surface area contributed by atoms with Gasteiger partial charge in [-0.3, -0.25) is 4.79 Å². The van der Waals surface area contributed by atoms with Crippen LogP contribution in [-0.2, 0) is 4.79 Å². The highest BCUT2D eigenvalue weighted by molar-refractivity contribution is 5.66. The molecular formula is C9H18N2O2. The summed E-state index contributed by atoms with van der Waals surface area (Å²) in [5, 5.41) is 14.9. The highest BCUT2D eigenvalue weighted by Gasteiger charge is 2.11. The maximum Gasteiger partial charge on any atom is 0.304 e. The number of carboxylic acids is 1. The van der Waals surface area contributed by atoms with Crippen molar-refractivity contribution < 1.29 is 9.90 Å². The van der Waals surface area contributed by atoms with Gasteiger partial charge in [0.05, 0.1) is 6.42 Å². The number of hydrogen-bond donors (Lipinski definition) is 3. The lowest BCUT2D eigenvalue weighted by atomic mass is 10.00. The van der Waals surface area contributed by atoms with E-state index < -0.39 is 5.97 Å². The van der Waals surface area contributed by atoms with Crippen molar-refractivity contribution in [3.63, 3.8) is 0 Å². The SMILES string of the molecule is O=C(O)CCNCC1CCCNC1. The molecule has 1 fully saturated rings. The van der Waals surface area contributed by atoms with E-state index in [4.69, 9.17) is 5.11 Å². The van der Waals surface area contributed by atoms with Gasteiger partial charge in [0, 0.05) is 6.54 Å². The molecule has 1 atom stereocenters. The van der Waals surface area contributed by atoms with Crippen LogP contribution in [0.3, 0.4) is 0 Å². The average Bonchev–Trinajstić information content (AvgIpc) is 2.14. The van der Waals surface area contributed by atoms with Crippen LogP contribution in [0.4, 0.5) is 0 Å². The molecule has 0 radical (unpaired) electrons. The number of aliphatic carboxylic acids is 1. The number of nitrogens with one attached hydrogen (secondary N) is 2. The summed E-state index contributed by atoms with van der Waals surface area (Å²) in [4.78, 5) is 10.2. The second kappa shape index (κ2) is 5.94. The number of hydrogen-bond acceptors (Lipinski definition) is 3. The van der Waals surface area contributed by atoms with Crippen LogP contribution in [-0.4, -0.2) is 37.3 Å². The zero-order valence-corrected chi connectivity index (χ0v) is 7.88.